The van der Waals surface area contributed by atoms with Gasteiger partial charge in [0.05, 0.1) is 18.3 Å². The van der Waals surface area contributed by atoms with Gasteiger partial charge >= 0.3 is 0 Å². The Labute approximate surface area is 146 Å². The van der Waals surface area contributed by atoms with Crippen molar-refractivity contribution >= 4 is 0 Å². The van der Waals surface area contributed by atoms with Gasteiger partial charge in [-0.1, -0.05) is 25.5 Å². The van der Waals surface area contributed by atoms with Crippen molar-refractivity contribution in [3.8, 4) is 11.5 Å². The standard InChI is InChI=1S/C21H30O3/c1-4-21(5-2)20(24-21)11-8-16(3)12-14-22-18-10-9-17-7-6-13-23-19(17)15-18/h9-10,12,15,20H,4-8,11,13-14H2,1-3H3/b16-12+. The van der Waals surface area contributed by atoms with Crippen LogP contribution in [0.3, 0.4) is 0 Å². The lowest BCUT2D eigenvalue weighted by atomic mass is 9.95. The Morgan fingerprint density at radius 3 is 2.92 bits per heavy atom. The summed E-state index contributed by atoms with van der Waals surface area (Å²) in [6.45, 7) is 8.06. The van der Waals surface area contributed by atoms with Crippen molar-refractivity contribution < 1.29 is 14.2 Å². The molecule has 0 spiro atoms. The van der Waals surface area contributed by atoms with E-state index in [0.717, 1.165) is 56.6 Å². The Kier molecular flexibility index (Phi) is 5.50. The summed E-state index contributed by atoms with van der Waals surface area (Å²) in [5.41, 5.74) is 2.85. The molecule has 1 aromatic rings. The van der Waals surface area contributed by atoms with E-state index in [9.17, 15) is 0 Å². The molecule has 2 aliphatic rings. The first-order chi connectivity index (χ1) is 11.7. The zero-order chi connectivity index (χ0) is 17.0. The van der Waals surface area contributed by atoms with Crippen LogP contribution in [-0.2, 0) is 11.2 Å². The number of fused-ring (bicyclic) bond motifs is 1. The monoisotopic (exact) mass is 330 g/mol. The fourth-order valence-electron chi connectivity index (χ4n) is 3.59. The van der Waals surface area contributed by atoms with E-state index in [2.05, 4.69) is 32.9 Å². The van der Waals surface area contributed by atoms with E-state index < -0.39 is 0 Å². The summed E-state index contributed by atoms with van der Waals surface area (Å²) < 4.78 is 17.5. The van der Waals surface area contributed by atoms with E-state index in [0.29, 0.717) is 12.7 Å². The second-order valence-corrected chi connectivity index (χ2v) is 7.00. The van der Waals surface area contributed by atoms with Gasteiger partial charge in [-0.05, 0) is 63.2 Å². The lowest BCUT2D eigenvalue weighted by Crippen LogP contribution is -2.12. The van der Waals surface area contributed by atoms with Crippen LogP contribution in [0.25, 0.3) is 0 Å². The molecule has 2 aliphatic heterocycles. The normalized spacial score (nSPS) is 21.8. The highest BCUT2D eigenvalue weighted by molar-refractivity contribution is 5.41. The van der Waals surface area contributed by atoms with Gasteiger partial charge in [0, 0.05) is 6.07 Å². The van der Waals surface area contributed by atoms with Crippen LogP contribution in [0.15, 0.2) is 29.8 Å². The van der Waals surface area contributed by atoms with Crippen LogP contribution in [0.5, 0.6) is 11.5 Å². The smallest absolute Gasteiger partial charge is 0.126 e. The number of aryl methyl sites for hydroxylation is 1. The van der Waals surface area contributed by atoms with Crippen molar-refractivity contribution in [3.05, 3.63) is 35.4 Å². The van der Waals surface area contributed by atoms with Crippen LogP contribution in [0, 0.1) is 0 Å². The molecule has 0 saturated carbocycles. The maximum absolute atomic E-state index is 5.91. The molecule has 1 unspecified atom stereocenters. The van der Waals surface area contributed by atoms with Crippen molar-refractivity contribution in [3.63, 3.8) is 0 Å². The summed E-state index contributed by atoms with van der Waals surface area (Å²) in [5.74, 6) is 1.88. The van der Waals surface area contributed by atoms with Gasteiger partial charge < -0.3 is 14.2 Å². The van der Waals surface area contributed by atoms with Gasteiger partial charge in [0.2, 0.25) is 0 Å². The number of allylic oxidation sites excluding steroid dienone is 1. The van der Waals surface area contributed by atoms with Crippen LogP contribution in [0.4, 0.5) is 0 Å². The van der Waals surface area contributed by atoms with Crippen LogP contribution in [0.2, 0.25) is 0 Å². The second kappa shape index (κ2) is 7.60. The van der Waals surface area contributed by atoms with E-state index >= 15 is 0 Å². The number of hydrogen-bond acceptors (Lipinski definition) is 3. The van der Waals surface area contributed by atoms with Crippen LogP contribution >= 0.6 is 0 Å². The van der Waals surface area contributed by atoms with E-state index in [1.54, 1.807) is 0 Å². The van der Waals surface area contributed by atoms with Gasteiger partial charge in [0.1, 0.15) is 18.1 Å². The van der Waals surface area contributed by atoms with Gasteiger partial charge in [-0.15, -0.1) is 0 Å². The SMILES string of the molecule is CCC1(CC)OC1CC/C(C)=C/COc1ccc2c(c1)OCCC2. The molecule has 3 nitrogen and oxygen atoms in total. The minimum Gasteiger partial charge on any atom is -0.493 e. The largest absolute Gasteiger partial charge is 0.493 e. The van der Waals surface area contributed by atoms with E-state index in [4.69, 9.17) is 14.2 Å². The second-order valence-electron chi connectivity index (χ2n) is 7.00. The third-order valence-electron chi connectivity index (χ3n) is 5.47. The van der Waals surface area contributed by atoms with Crippen molar-refractivity contribution in [1.82, 2.24) is 0 Å². The third kappa shape index (κ3) is 3.94. The molecule has 1 atom stereocenters. The minimum absolute atomic E-state index is 0.180. The molecule has 0 aromatic heterocycles. The molecule has 0 N–H and O–H groups in total. The first-order valence-corrected chi connectivity index (χ1v) is 9.39. The topological polar surface area (TPSA) is 31.0 Å². The molecule has 3 heteroatoms. The van der Waals surface area contributed by atoms with Crippen molar-refractivity contribution in [1.29, 1.82) is 0 Å². The summed E-state index contributed by atoms with van der Waals surface area (Å²) in [4.78, 5) is 0. The summed E-state index contributed by atoms with van der Waals surface area (Å²) in [7, 11) is 0. The van der Waals surface area contributed by atoms with Gasteiger partial charge in [-0.2, -0.15) is 0 Å². The first-order valence-electron chi connectivity index (χ1n) is 9.39. The Balaban J connectivity index is 1.43. The molecule has 0 amide bonds. The minimum atomic E-state index is 0.180. The summed E-state index contributed by atoms with van der Waals surface area (Å²) >= 11 is 0. The summed E-state index contributed by atoms with van der Waals surface area (Å²) in [5, 5.41) is 0. The molecular formula is C21H30O3. The molecule has 0 radical (unpaired) electrons. The molecule has 0 bridgehead atoms. The maximum Gasteiger partial charge on any atom is 0.126 e. The van der Waals surface area contributed by atoms with Crippen LogP contribution in [-0.4, -0.2) is 24.9 Å². The molecule has 0 aliphatic carbocycles. The molecule has 132 valence electrons. The highest BCUT2D eigenvalue weighted by Gasteiger charge is 2.52. The molecule has 1 fully saturated rings. The first kappa shape index (κ1) is 17.3. The van der Waals surface area contributed by atoms with E-state index in [1.807, 2.05) is 12.1 Å². The average Bonchev–Trinajstić information content (AvgIpc) is 3.34. The van der Waals surface area contributed by atoms with Crippen LogP contribution in [0.1, 0.15) is 58.4 Å². The maximum atomic E-state index is 5.91. The van der Waals surface area contributed by atoms with Crippen molar-refractivity contribution in [2.75, 3.05) is 13.2 Å². The van der Waals surface area contributed by atoms with Gasteiger partial charge in [-0.3, -0.25) is 0 Å². The Hall–Kier alpha value is -1.48. The quantitative estimate of drug-likeness (QED) is 0.492. The van der Waals surface area contributed by atoms with Gasteiger partial charge in [-0.25, -0.2) is 0 Å². The molecular weight excluding hydrogens is 300 g/mol. The van der Waals surface area contributed by atoms with Crippen molar-refractivity contribution in [2.45, 2.75) is 71.0 Å². The Morgan fingerprint density at radius 2 is 2.17 bits per heavy atom. The van der Waals surface area contributed by atoms with Crippen LogP contribution < -0.4 is 9.47 Å². The highest BCUT2D eigenvalue weighted by Crippen LogP contribution is 2.45. The fourth-order valence-corrected chi connectivity index (χ4v) is 3.59. The molecule has 1 aromatic carbocycles. The van der Waals surface area contributed by atoms with E-state index in [-0.39, 0.29) is 5.60 Å². The predicted octanol–water partition coefficient (Wildman–Crippen LogP) is 5.07. The summed E-state index contributed by atoms with van der Waals surface area (Å²) in [6.07, 6.45) is 9.31. The molecule has 2 heterocycles. The van der Waals surface area contributed by atoms with Gasteiger partial charge in [0.15, 0.2) is 0 Å². The lowest BCUT2D eigenvalue weighted by molar-refractivity contribution is 0.278. The Morgan fingerprint density at radius 1 is 1.33 bits per heavy atom. The van der Waals surface area contributed by atoms with Gasteiger partial charge in [0.25, 0.3) is 0 Å². The zero-order valence-electron chi connectivity index (χ0n) is 15.3. The van der Waals surface area contributed by atoms with Crippen molar-refractivity contribution in [2.24, 2.45) is 0 Å². The van der Waals surface area contributed by atoms with E-state index in [1.165, 1.54) is 11.1 Å². The highest BCUT2D eigenvalue weighted by atomic mass is 16.6. The molecule has 1 saturated heterocycles. The predicted molar refractivity (Wildman–Crippen MR) is 96.9 cm³/mol. The molecule has 24 heavy (non-hydrogen) atoms. The summed E-state index contributed by atoms with van der Waals surface area (Å²) in [6, 6.07) is 6.19. The lowest BCUT2D eigenvalue weighted by Gasteiger charge is -2.17. The number of ether oxygens (including phenoxy) is 3. The third-order valence-corrected chi connectivity index (χ3v) is 5.47. The number of hydrogen-bond donors (Lipinski definition) is 0. The average molecular weight is 330 g/mol. The number of epoxide rings is 1. The number of benzene rings is 1. The Bertz CT molecular complexity index is 587. The fraction of sp³-hybridized carbons (Fsp3) is 0.619. The zero-order valence-corrected chi connectivity index (χ0v) is 15.3. The number of rotatable bonds is 8. The molecule has 3 rings (SSSR count).